The van der Waals surface area contributed by atoms with Crippen molar-refractivity contribution in [3.8, 4) is 0 Å². The van der Waals surface area contributed by atoms with Crippen LogP contribution in [0.15, 0.2) is 22.7 Å². The van der Waals surface area contributed by atoms with Crippen molar-refractivity contribution >= 4 is 33.2 Å². The molecule has 1 saturated carbocycles. The van der Waals surface area contributed by atoms with Crippen LogP contribution in [0.5, 0.6) is 0 Å². The molecule has 0 N–H and O–H groups in total. The number of halogens is 2. The van der Waals surface area contributed by atoms with Crippen molar-refractivity contribution in [3.63, 3.8) is 0 Å². The summed E-state index contributed by atoms with van der Waals surface area (Å²) in [5.41, 5.74) is 2.53. The van der Waals surface area contributed by atoms with E-state index >= 15 is 0 Å². The molecule has 1 nitrogen and oxygen atoms in total. The first-order valence-electron chi connectivity index (χ1n) is 5.89. The predicted molar refractivity (Wildman–Crippen MR) is 72.2 cm³/mol. The Morgan fingerprint density at radius 1 is 1.38 bits per heavy atom. The summed E-state index contributed by atoms with van der Waals surface area (Å²) in [6.45, 7) is 1.25. The van der Waals surface area contributed by atoms with E-state index in [4.69, 9.17) is 11.6 Å². The largest absolute Gasteiger partial charge is 0.368 e. The zero-order valence-corrected chi connectivity index (χ0v) is 11.5. The van der Waals surface area contributed by atoms with E-state index in [9.17, 15) is 0 Å². The Morgan fingerprint density at radius 3 is 2.81 bits per heavy atom. The number of benzene rings is 1. The summed E-state index contributed by atoms with van der Waals surface area (Å²) >= 11 is 9.46. The Kier molecular flexibility index (Phi) is 2.88. The van der Waals surface area contributed by atoms with Crippen molar-refractivity contribution in [1.29, 1.82) is 0 Å². The number of anilines is 1. The minimum atomic E-state index is 0.576. The van der Waals surface area contributed by atoms with Crippen molar-refractivity contribution in [3.05, 3.63) is 28.2 Å². The van der Waals surface area contributed by atoms with E-state index in [-0.39, 0.29) is 0 Å². The van der Waals surface area contributed by atoms with Gasteiger partial charge in [0.05, 0.1) is 0 Å². The van der Waals surface area contributed by atoms with Gasteiger partial charge < -0.3 is 4.90 Å². The highest BCUT2D eigenvalue weighted by Crippen LogP contribution is 2.41. The summed E-state index contributed by atoms with van der Waals surface area (Å²) in [7, 11) is 0. The first kappa shape index (κ1) is 10.9. The van der Waals surface area contributed by atoms with Crippen molar-refractivity contribution in [2.24, 2.45) is 5.92 Å². The number of hydrogen-bond acceptors (Lipinski definition) is 1. The van der Waals surface area contributed by atoms with Gasteiger partial charge in [-0.25, -0.2) is 0 Å². The minimum Gasteiger partial charge on any atom is -0.368 e. The van der Waals surface area contributed by atoms with Crippen LogP contribution in [0.3, 0.4) is 0 Å². The fraction of sp³-hybridized carbons (Fsp3) is 0.538. The van der Waals surface area contributed by atoms with Gasteiger partial charge in [0, 0.05) is 28.6 Å². The Morgan fingerprint density at radius 2 is 2.25 bits per heavy atom. The van der Waals surface area contributed by atoms with Gasteiger partial charge in [0.25, 0.3) is 0 Å². The molecule has 0 spiro atoms. The highest BCUT2D eigenvalue weighted by molar-refractivity contribution is 9.10. The van der Waals surface area contributed by atoms with Crippen LogP contribution in [-0.2, 0) is 5.88 Å². The summed E-state index contributed by atoms with van der Waals surface area (Å²) in [5.74, 6) is 1.52. The molecule has 2 bridgehead atoms. The van der Waals surface area contributed by atoms with Crippen LogP contribution in [0.1, 0.15) is 24.8 Å². The average Bonchev–Trinajstić information content (AvgIpc) is 2.90. The maximum absolute atomic E-state index is 5.86. The molecule has 3 heteroatoms. The fourth-order valence-corrected chi connectivity index (χ4v) is 3.97. The summed E-state index contributed by atoms with van der Waals surface area (Å²) in [6, 6.07) is 7.36. The molecule has 2 aliphatic rings. The second-order valence-corrected chi connectivity index (χ2v) is 6.02. The van der Waals surface area contributed by atoms with Gasteiger partial charge in [0.15, 0.2) is 0 Å². The van der Waals surface area contributed by atoms with Crippen LogP contribution in [0, 0.1) is 5.92 Å². The summed E-state index contributed by atoms with van der Waals surface area (Å²) in [5, 5.41) is 0. The maximum Gasteiger partial charge on any atom is 0.0485 e. The van der Waals surface area contributed by atoms with Gasteiger partial charge in [0.1, 0.15) is 0 Å². The second-order valence-electron chi connectivity index (χ2n) is 4.89. The zero-order valence-electron chi connectivity index (χ0n) is 9.13. The molecule has 2 fully saturated rings. The quantitative estimate of drug-likeness (QED) is 0.741. The highest BCUT2D eigenvalue weighted by Gasteiger charge is 2.37. The SMILES string of the molecule is ClCc1ccc(N2CC3CCC2C3)cc1Br. The number of fused-ring (bicyclic) bond motifs is 2. The fourth-order valence-electron chi connectivity index (χ4n) is 3.06. The first-order chi connectivity index (χ1) is 7.78. The van der Waals surface area contributed by atoms with Gasteiger partial charge in [-0.15, -0.1) is 11.6 Å². The van der Waals surface area contributed by atoms with E-state index in [1.54, 1.807) is 0 Å². The summed E-state index contributed by atoms with van der Waals surface area (Å²) < 4.78 is 1.14. The molecule has 0 aromatic heterocycles. The van der Waals surface area contributed by atoms with Crippen LogP contribution < -0.4 is 4.90 Å². The third kappa shape index (κ3) is 1.76. The van der Waals surface area contributed by atoms with Gasteiger partial charge in [-0.05, 0) is 42.9 Å². The number of piperidine rings is 1. The van der Waals surface area contributed by atoms with Crippen LogP contribution >= 0.6 is 27.5 Å². The topological polar surface area (TPSA) is 3.24 Å². The molecule has 1 aromatic rings. The molecule has 0 radical (unpaired) electrons. The Balaban J connectivity index is 1.87. The number of rotatable bonds is 2. The lowest BCUT2D eigenvalue weighted by atomic mass is 10.1. The van der Waals surface area contributed by atoms with Gasteiger partial charge in [-0.2, -0.15) is 0 Å². The highest BCUT2D eigenvalue weighted by atomic mass is 79.9. The lowest BCUT2D eigenvalue weighted by Gasteiger charge is -2.29. The molecule has 1 aromatic carbocycles. The molecule has 1 aliphatic carbocycles. The molecule has 86 valence electrons. The third-order valence-corrected chi connectivity index (χ3v) is 4.95. The molecule has 2 atom stereocenters. The summed E-state index contributed by atoms with van der Waals surface area (Å²) in [4.78, 5) is 2.57. The van der Waals surface area contributed by atoms with E-state index in [2.05, 4.69) is 39.0 Å². The minimum absolute atomic E-state index is 0.576. The number of nitrogens with zero attached hydrogens (tertiary/aromatic N) is 1. The van der Waals surface area contributed by atoms with Crippen LogP contribution in [0.4, 0.5) is 5.69 Å². The molecule has 1 heterocycles. The van der Waals surface area contributed by atoms with Crippen molar-refractivity contribution < 1.29 is 0 Å². The van der Waals surface area contributed by atoms with Gasteiger partial charge >= 0.3 is 0 Å². The Hall–Kier alpha value is -0.210. The van der Waals surface area contributed by atoms with Gasteiger partial charge in [0.2, 0.25) is 0 Å². The molecule has 16 heavy (non-hydrogen) atoms. The van der Waals surface area contributed by atoms with Crippen molar-refractivity contribution in [2.75, 3.05) is 11.4 Å². The molecule has 2 unspecified atom stereocenters. The Labute approximate surface area is 110 Å². The molecule has 0 amide bonds. The molecule has 3 rings (SSSR count). The predicted octanol–water partition coefficient (Wildman–Crippen LogP) is 4.18. The third-order valence-electron chi connectivity index (χ3n) is 3.92. The van der Waals surface area contributed by atoms with Gasteiger partial charge in [-0.3, -0.25) is 0 Å². The maximum atomic E-state index is 5.86. The van der Waals surface area contributed by atoms with E-state index in [1.807, 2.05) is 0 Å². The van der Waals surface area contributed by atoms with Crippen LogP contribution in [0.25, 0.3) is 0 Å². The average molecular weight is 301 g/mol. The zero-order chi connectivity index (χ0) is 11.1. The van der Waals surface area contributed by atoms with Crippen molar-refractivity contribution in [1.82, 2.24) is 0 Å². The lowest BCUT2D eigenvalue weighted by Crippen LogP contribution is -2.31. The normalized spacial score (nSPS) is 27.8. The van der Waals surface area contributed by atoms with E-state index in [0.717, 1.165) is 16.4 Å². The molecule has 1 saturated heterocycles. The second kappa shape index (κ2) is 4.23. The molecular weight excluding hydrogens is 286 g/mol. The van der Waals surface area contributed by atoms with Crippen LogP contribution in [-0.4, -0.2) is 12.6 Å². The smallest absolute Gasteiger partial charge is 0.0485 e. The Bertz CT molecular complexity index is 407. The standard InChI is InChI=1S/C13H15BrClN/c14-13-6-12(4-2-10(13)7-15)16-8-9-1-3-11(16)5-9/h2,4,6,9,11H,1,3,5,7-8H2. The lowest BCUT2D eigenvalue weighted by molar-refractivity contribution is 0.553. The van der Waals surface area contributed by atoms with E-state index < -0.39 is 0 Å². The van der Waals surface area contributed by atoms with Crippen LogP contribution in [0.2, 0.25) is 0 Å². The van der Waals surface area contributed by atoms with E-state index in [1.165, 1.54) is 37.1 Å². The van der Waals surface area contributed by atoms with Crippen molar-refractivity contribution in [2.45, 2.75) is 31.2 Å². The number of alkyl halides is 1. The monoisotopic (exact) mass is 299 g/mol. The number of hydrogen-bond donors (Lipinski definition) is 0. The first-order valence-corrected chi connectivity index (χ1v) is 7.21. The summed E-state index contributed by atoms with van der Waals surface area (Å²) in [6.07, 6.45) is 4.20. The van der Waals surface area contributed by atoms with Gasteiger partial charge in [-0.1, -0.05) is 22.0 Å². The van der Waals surface area contributed by atoms with E-state index in [0.29, 0.717) is 5.88 Å². The molecule has 1 aliphatic heterocycles. The molecular formula is C13H15BrClN.